The second-order valence-electron chi connectivity index (χ2n) is 10.2. The van der Waals surface area contributed by atoms with Gasteiger partial charge in [0.05, 0.1) is 37.7 Å². The molecule has 0 bridgehead atoms. The van der Waals surface area contributed by atoms with Gasteiger partial charge in [0.1, 0.15) is 29.6 Å². The number of hydrogen-bond donors (Lipinski definition) is 2. The van der Waals surface area contributed by atoms with Crippen LogP contribution in [0.1, 0.15) is 30.4 Å². The molecule has 0 aliphatic carbocycles. The highest BCUT2D eigenvalue weighted by atomic mass is 16.5. The largest absolute Gasteiger partial charge is 0.494 e. The average molecular weight is 549 g/mol. The normalized spacial score (nSPS) is 20.5. The topological polar surface area (TPSA) is 81.7 Å². The van der Waals surface area contributed by atoms with E-state index in [-0.39, 0.29) is 12.0 Å². The van der Waals surface area contributed by atoms with Crippen molar-refractivity contribution < 1.29 is 28.8 Å². The van der Waals surface area contributed by atoms with E-state index >= 15 is 0 Å². The third-order valence-electron chi connectivity index (χ3n) is 7.37. The molecular weight excluding hydrogens is 508 g/mol. The van der Waals surface area contributed by atoms with Gasteiger partial charge in [-0.15, -0.1) is 0 Å². The number of benzene rings is 3. The molecule has 2 aliphatic heterocycles. The van der Waals surface area contributed by atoms with Crippen LogP contribution in [0.15, 0.2) is 66.7 Å². The Labute approximate surface area is 236 Å². The smallest absolute Gasteiger partial charge is 0.142 e. The molecule has 0 saturated carbocycles. The minimum Gasteiger partial charge on any atom is -0.494 e. The van der Waals surface area contributed by atoms with Crippen LogP contribution in [0.4, 0.5) is 5.69 Å². The third kappa shape index (κ3) is 7.06. The molecule has 40 heavy (non-hydrogen) atoms. The first kappa shape index (κ1) is 28.2. The van der Waals surface area contributed by atoms with Crippen molar-refractivity contribution in [2.75, 3.05) is 58.0 Å². The second-order valence-corrected chi connectivity index (χ2v) is 10.2. The molecule has 3 aromatic carbocycles. The Bertz CT molecular complexity index is 1200. The number of rotatable bonds is 12. The third-order valence-corrected chi connectivity index (χ3v) is 7.37. The number of piperidine rings is 1. The SMILES string of the molecule is CCOc1ccc(Oc2ccc([C@H]3[C@H](O)CNC[C@@H]3OCc3ccc4c(c3)N(CCCOC)CCO4)cc2)cc1. The van der Waals surface area contributed by atoms with Gasteiger partial charge in [-0.2, -0.15) is 0 Å². The van der Waals surface area contributed by atoms with E-state index in [1.165, 1.54) is 0 Å². The molecule has 2 aliphatic rings. The summed E-state index contributed by atoms with van der Waals surface area (Å²) in [6.45, 7) is 7.46. The highest BCUT2D eigenvalue weighted by molar-refractivity contribution is 5.61. The number of hydrogen-bond acceptors (Lipinski definition) is 8. The summed E-state index contributed by atoms with van der Waals surface area (Å²) in [7, 11) is 1.73. The summed E-state index contributed by atoms with van der Waals surface area (Å²) in [5.41, 5.74) is 3.21. The van der Waals surface area contributed by atoms with E-state index in [2.05, 4.69) is 22.3 Å². The van der Waals surface area contributed by atoms with Crippen molar-refractivity contribution in [3.63, 3.8) is 0 Å². The van der Waals surface area contributed by atoms with Gasteiger partial charge in [-0.05, 0) is 73.0 Å². The van der Waals surface area contributed by atoms with Crippen LogP contribution >= 0.6 is 0 Å². The number of nitrogens with zero attached hydrogens (tertiary/aromatic N) is 1. The number of aliphatic hydroxyl groups excluding tert-OH is 1. The average Bonchev–Trinajstić information content (AvgIpc) is 2.98. The van der Waals surface area contributed by atoms with Crippen LogP contribution in [0.5, 0.6) is 23.0 Å². The number of ether oxygens (including phenoxy) is 5. The fourth-order valence-corrected chi connectivity index (χ4v) is 5.38. The molecule has 1 fully saturated rings. The number of β-amino-alcohol motifs (C(OH)–C–C–N with tert-alkyl or cyclic N) is 1. The Morgan fingerprint density at radius 3 is 2.48 bits per heavy atom. The first-order valence-electron chi connectivity index (χ1n) is 14.1. The van der Waals surface area contributed by atoms with Crippen LogP contribution in [-0.4, -0.2) is 70.4 Å². The van der Waals surface area contributed by atoms with E-state index in [4.69, 9.17) is 23.7 Å². The van der Waals surface area contributed by atoms with Gasteiger partial charge in [-0.3, -0.25) is 0 Å². The molecule has 1 saturated heterocycles. The zero-order valence-electron chi connectivity index (χ0n) is 23.4. The summed E-state index contributed by atoms with van der Waals surface area (Å²) >= 11 is 0. The quantitative estimate of drug-likeness (QED) is 0.314. The van der Waals surface area contributed by atoms with Crippen LogP contribution in [-0.2, 0) is 16.1 Å². The standard InChI is InChI=1S/C32H40N2O6/c1-3-37-25-10-12-27(13-11-25)40-26-8-6-24(7-9-26)32-29(35)20-33-21-31(32)39-22-23-5-14-30-28(19-23)34(16-18-38-30)15-4-17-36-2/h5-14,19,29,31-33,35H,3-4,15-18,20-22H2,1-2H3/t29-,31+,32+/m1/s1. The monoisotopic (exact) mass is 548 g/mol. The molecule has 0 radical (unpaired) electrons. The number of methoxy groups -OCH3 is 1. The Balaban J connectivity index is 1.23. The lowest BCUT2D eigenvalue weighted by molar-refractivity contribution is -0.0328. The minimum atomic E-state index is -0.551. The van der Waals surface area contributed by atoms with Crippen LogP contribution in [0.2, 0.25) is 0 Å². The van der Waals surface area contributed by atoms with Gasteiger partial charge in [0, 0.05) is 39.3 Å². The molecule has 0 aromatic heterocycles. The van der Waals surface area contributed by atoms with Gasteiger partial charge in [0.15, 0.2) is 0 Å². The molecule has 0 spiro atoms. The summed E-state index contributed by atoms with van der Waals surface area (Å²) < 4.78 is 29.1. The van der Waals surface area contributed by atoms with E-state index in [1.807, 2.05) is 61.5 Å². The van der Waals surface area contributed by atoms with Gasteiger partial charge in [-0.25, -0.2) is 0 Å². The maximum absolute atomic E-state index is 10.9. The first-order chi connectivity index (χ1) is 19.6. The molecule has 3 atom stereocenters. The van der Waals surface area contributed by atoms with Gasteiger partial charge < -0.3 is 39.0 Å². The lowest BCUT2D eigenvalue weighted by Crippen LogP contribution is -2.49. The molecule has 0 unspecified atom stereocenters. The molecule has 8 heteroatoms. The van der Waals surface area contributed by atoms with Crippen molar-refractivity contribution in [1.29, 1.82) is 0 Å². The highest BCUT2D eigenvalue weighted by Gasteiger charge is 2.34. The van der Waals surface area contributed by atoms with Crippen molar-refractivity contribution in [1.82, 2.24) is 5.32 Å². The molecular formula is C32H40N2O6. The van der Waals surface area contributed by atoms with Gasteiger partial charge >= 0.3 is 0 Å². The number of fused-ring (bicyclic) bond motifs is 1. The van der Waals surface area contributed by atoms with Gasteiger partial charge in [-0.1, -0.05) is 18.2 Å². The van der Waals surface area contributed by atoms with Crippen molar-refractivity contribution in [2.45, 2.75) is 38.1 Å². The van der Waals surface area contributed by atoms with Gasteiger partial charge in [0.25, 0.3) is 0 Å². The number of aliphatic hydroxyl groups is 1. The Hall–Kier alpha value is -3.30. The van der Waals surface area contributed by atoms with Crippen molar-refractivity contribution in [3.8, 4) is 23.0 Å². The molecule has 5 rings (SSSR count). The summed E-state index contributed by atoms with van der Waals surface area (Å²) in [4.78, 5) is 2.35. The molecule has 2 heterocycles. The Kier molecular flexibility index (Phi) is 9.78. The van der Waals surface area contributed by atoms with E-state index in [0.29, 0.717) is 32.9 Å². The summed E-state index contributed by atoms with van der Waals surface area (Å²) in [6.07, 6.45) is 0.241. The predicted octanol–water partition coefficient (Wildman–Crippen LogP) is 4.75. The summed E-state index contributed by atoms with van der Waals surface area (Å²) in [6, 6.07) is 21.8. The molecule has 8 nitrogen and oxygen atoms in total. The van der Waals surface area contributed by atoms with Crippen LogP contribution in [0.3, 0.4) is 0 Å². The number of nitrogens with one attached hydrogen (secondary N) is 1. The Morgan fingerprint density at radius 2 is 1.73 bits per heavy atom. The lowest BCUT2D eigenvalue weighted by atomic mass is 9.85. The minimum absolute atomic E-state index is 0.146. The van der Waals surface area contributed by atoms with E-state index in [1.54, 1.807) is 7.11 Å². The second kappa shape index (κ2) is 13.9. The van der Waals surface area contributed by atoms with Crippen molar-refractivity contribution in [3.05, 3.63) is 77.9 Å². The number of anilines is 1. The predicted molar refractivity (Wildman–Crippen MR) is 155 cm³/mol. The summed E-state index contributed by atoms with van der Waals surface area (Å²) in [5.74, 6) is 3.06. The zero-order chi connectivity index (χ0) is 27.7. The highest BCUT2D eigenvalue weighted by Crippen LogP contribution is 2.35. The van der Waals surface area contributed by atoms with Crippen LogP contribution in [0, 0.1) is 0 Å². The van der Waals surface area contributed by atoms with Crippen LogP contribution in [0.25, 0.3) is 0 Å². The molecule has 2 N–H and O–H groups in total. The van der Waals surface area contributed by atoms with Crippen molar-refractivity contribution in [2.24, 2.45) is 0 Å². The first-order valence-corrected chi connectivity index (χ1v) is 14.1. The van der Waals surface area contributed by atoms with Crippen LogP contribution < -0.4 is 24.4 Å². The molecule has 3 aromatic rings. The zero-order valence-corrected chi connectivity index (χ0v) is 23.4. The maximum Gasteiger partial charge on any atom is 0.142 e. The van der Waals surface area contributed by atoms with E-state index in [9.17, 15) is 5.11 Å². The van der Waals surface area contributed by atoms with E-state index in [0.717, 1.165) is 65.9 Å². The van der Waals surface area contributed by atoms with Gasteiger partial charge in [0.2, 0.25) is 0 Å². The van der Waals surface area contributed by atoms with E-state index < -0.39 is 6.10 Å². The molecule has 0 amide bonds. The molecule has 214 valence electrons. The fraction of sp³-hybridized carbons (Fsp3) is 0.438. The summed E-state index contributed by atoms with van der Waals surface area (Å²) in [5, 5.41) is 14.3. The Morgan fingerprint density at radius 1 is 0.975 bits per heavy atom. The maximum atomic E-state index is 10.9. The fourth-order valence-electron chi connectivity index (χ4n) is 5.38. The van der Waals surface area contributed by atoms with Crippen molar-refractivity contribution >= 4 is 5.69 Å². The lowest BCUT2D eigenvalue weighted by Gasteiger charge is -2.36.